The van der Waals surface area contributed by atoms with Crippen molar-refractivity contribution in [3.05, 3.63) is 18.0 Å². The summed E-state index contributed by atoms with van der Waals surface area (Å²) in [7, 11) is 0. The van der Waals surface area contributed by atoms with Gasteiger partial charge in [0.1, 0.15) is 0 Å². The fourth-order valence-corrected chi connectivity index (χ4v) is 2.90. The molecule has 108 valence electrons. The quantitative estimate of drug-likeness (QED) is 0.819. The zero-order chi connectivity index (χ0) is 13.5. The molecule has 1 fully saturated rings. The topological polar surface area (TPSA) is 33.1 Å². The Morgan fingerprint density at radius 1 is 1.37 bits per heavy atom. The van der Waals surface area contributed by atoms with Gasteiger partial charge in [-0.3, -0.25) is 9.58 Å². The molecular weight excluding hydrogens is 236 g/mol. The van der Waals surface area contributed by atoms with Gasteiger partial charge in [0.25, 0.3) is 0 Å². The molecule has 19 heavy (non-hydrogen) atoms. The van der Waals surface area contributed by atoms with Crippen molar-refractivity contribution in [2.75, 3.05) is 26.2 Å². The SMILES string of the molecule is CCCN(Cc1cnn(CC)c1)CC1CCNCC1. The van der Waals surface area contributed by atoms with E-state index in [4.69, 9.17) is 0 Å². The normalized spacial score (nSPS) is 17.2. The molecule has 4 heteroatoms. The molecule has 2 rings (SSSR count). The zero-order valence-electron chi connectivity index (χ0n) is 12.4. The molecular formula is C15H28N4. The molecule has 0 aromatic carbocycles. The predicted molar refractivity (Wildman–Crippen MR) is 79.1 cm³/mol. The summed E-state index contributed by atoms with van der Waals surface area (Å²) in [6, 6.07) is 0. The second-order valence-electron chi connectivity index (χ2n) is 5.63. The van der Waals surface area contributed by atoms with E-state index in [9.17, 15) is 0 Å². The lowest BCUT2D eigenvalue weighted by Crippen LogP contribution is -2.36. The Kier molecular flexibility index (Phi) is 5.86. The maximum atomic E-state index is 4.37. The summed E-state index contributed by atoms with van der Waals surface area (Å²) in [5, 5.41) is 7.82. The Bertz CT molecular complexity index is 355. The molecule has 1 aliphatic rings. The molecule has 0 aliphatic carbocycles. The van der Waals surface area contributed by atoms with Gasteiger partial charge in [-0.15, -0.1) is 0 Å². The van der Waals surface area contributed by atoms with Gasteiger partial charge in [0.2, 0.25) is 0 Å². The van der Waals surface area contributed by atoms with E-state index in [1.807, 2.05) is 10.9 Å². The smallest absolute Gasteiger partial charge is 0.0534 e. The van der Waals surface area contributed by atoms with Crippen LogP contribution in [0.15, 0.2) is 12.4 Å². The minimum Gasteiger partial charge on any atom is -0.317 e. The first-order valence-electron chi connectivity index (χ1n) is 7.76. The van der Waals surface area contributed by atoms with Crippen molar-refractivity contribution < 1.29 is 0 Å². The van der Waals surface area contributed by atoms with Gasteiger partial charge in [0.15, 0.2) is 0 Å². The van der Waals surface area contributed by atoms with E-state index in [1.165, 1.54) is 51.0 Å². The van der Waals surface area contributed by atoms with Crippen LogP contribution in [0.2, 0.25) is 0 Å². The highest BCUT2D eigenvalue weighted by molar-refractivity contribution is 5.03. The molecule has 2 heterocycles. The van der Waals surface area contributed by atoms with Crippen LogP contribution in [0.1, 0.15) is 38.7 Å². The predicted octanol–water partition coefficient (Wildman–Crippen LogP) is 2.11. The van der Waals surface area contributed by atoms with E-state index < -0.39 is 0 Å². The lowest BCUT2D eigenvalue weighted by atomic mass is 9.97. The maximum absolute atomic E-state index is 4.37. The second kappa shape index (κ2) is 7.65. The van der Waals surface area contributed by atoms with Gasteiger partial charge in [-0.05, 0) is 51.7 Å². The standard InChI is InChI=1S/C15H28N4/c1-3-9-18(11-14-5-7-16-8-6-14)12-15-10-17-19(4-2)13-15/h10,13-14,16H,3-9,11-12H2,1-2H3. The number of hydrogen-bond acceptors (Lipinski definition) is 3. The monoisotopic (exact) mass is 264 g/mol. The van der Waals surface area contributed by atoms with E-state index >= 15 is 0 Å². The minimum absolute atomic E-state index is 0.869. The van der Waals surface area contributed by atoms with Crippen molar-refractivity contribution in [1.82, 2.24) is 20.0 Å². The van der Waals surface area contributed by atoms with Crippen LogP contribution in [-0.4, -0.2) is 40.9 Å². The molecule has 1 aliphatic heterocycles. The fourth-order valence-electron chi connectivity index (χ4n) is 2.90. The molecule has 0 amide bonds. The molecule has 1 aromatic rings. The average molecular weight is 264 g/mol. The summed E-state index contributed by atoms with van der Waals surface area (Å²) in [6.45, 7) is 11.2. The van der Waals surface area contributed by atoms with Crippen molar-refractivity contribution in [3.8, 4) is 0 Å². The van der Waals surface area contributed by atoms with Gasteiger partial charge in [-0.2, -0.15) is 5.10 Å². The lowest BCUT2D eigenvalue weighted by molar-refractivity contribution is 0.199. The van der Waals surface area contributed by atoms with Crippen LogP contribution in [-0.2, 0) is 13.1 Å². The Labute approximate surface area is 117 Å². The number of nitrogens with zero attached hydrogens (tertiary/aromatic N) is 3. The summed E-state index contributed by atoms with van der Waals surface area (Å²) >= 11 is 0. The summed E-state index contributed by atoms with van der Waals surface area (Å²) in [4.78, 5) is 2.60. The third-order valence-electron chi connectivity index (χ3n) is 3.93. The number of nitrogens with one attached hydrogen (secondary N) is 1. The van der Waals surface area contributed by atoms with E-state index in [2.05, 4.69) is 35.4 Å². The molecule has 4 nitrogen and oxygen atoms in total. The van der Waals surface area contributed by atoms with Gasteiger partial charge >= 0.3 is 0 Å². The summed E-state index contributed by atoms with van der Waals surface area (Å²) < 4.78 is 2.02. The molecule has 0 bridgehead atoms. The number of hydrogen-bond donors (Lipinski definition) is 1. The van der Waals surface area contributed by atoms with Crippen LogP contribution in [0.3, 0.4) is 0 Å². The highest BCUT2D eigenvalue weighted by atomic mass is 15.3. The van der Waals surface area contributed by atoms with Gasteiger partial charge in [-0.25, -0.2) is 0 Å². The Balaban J connectivity index is 1.87. The Morgan fingerprint density at radius 3 is 2.79 bits per heavy atom. The first-order chi connectivity index (χ1) is 9.31. The molecule has 0 radical (unpaired) electrons. The van der Waals surface area contributed by atoms with Crippen LogP contribution in [0.4, 0.5) is 0 Å². The molecule has 0 atom stereocenters. The van der Waals surface area contributed by atoms with Crippen LogP contribution in [0.25, 0.3) is 0 Å². The Morgan fingerprint density at radius 2 is 2.16 bits per heavy atom. The van der Waals surface area contributed by atoms with E-state index in [0.717, 1.165) is 19.0 Å². The van der Waals surface area contributed by atoms with E-state index in [1.54, 1.807) is 0 Å². The van der Waals surface area contributed by atoms with Crippen molar-refractivity contribution in [2.24, 2.45) is 5.92 Å². The van der Waals surface area contributed by atoms with Gasteiger partial charge in [-0.1, -0.05) is 6.92 Å². The van der Waals surface area contributed by atoms with Crippen LogP contribution in [0, 0.1) is 5.92 Å². The molecule has 0 saturated carbocycles. The summed E-state index contributed by atoms with van der Waals surface area (Å²) in [5.41, 5.74) is 1.35. The Hall–Kier alpha value is -0.870. The summed E-state index contributed by atoms with van der Waals surface area (Å²) in [5.74, 6) is 0.869. The number of aryl methyl sites for hydroxylation is 1. The first kappa shape index (κ1) is 14.5. The van der Waals surface area contributed by atoms with Crippen molar-refractivity contribution in [3.63, 3.8) is 0 Å². The molecule has 1 aromatic heterocycles. The van der Waals surface area contributed by atoms with Crippen LogP contribution < -0.4 is 5.32 Å². The van der Waals surface area contributed by atoms with Crippen molar-refractivity contribution in [2.45, 2.75) is 46.2 Å². The molecule has 1 saturated heterocycles. The van der Waals surface area contributed by atoms with E-state index in [0.29, 0.717) is 0 Å². The molecule has 1 N–H and O–H groups in total. The zero-order valence-corrected chi connectivity index (χ0v) is 12.4. The molecule has 0 unspecified atom stereocenters. The number of rotatable bonds is 7. The number of piperidine rings is 1. The van der Waals surface area contributed by atoms with Crippen molar-refractivity contribution >= 4 is 0 Å². The minimum atomic E-state index is 0.869. The van der Waals surface area contributed by atoms with E-state index in [-0.39, 0.29) is 0 Å². The van der Waals surface area contributed by atoms with Crippen molar-refractivity contribution in [1.29, 1.82) is 0 Å². The summed E-state index contributed by atoms with van der Waals surface area (Å²) in [6.07, 6.45) is 8.09. The highest BCUT2D eigenvalue weighted by Crippen LogP contribution is 2.15. The third kappa shape index (κ3) is 4.62. The average Bonchev–Trinajstić information content (AvgIpc) is 2.88. The fraction of sp³-hybridized carbons (Fsp3) is 0.800. The van der Waals surface area contributed by atoms with Gasteiger partial charge in [0, 0.05) is 31.4 Å². The maximum Gasteiger partial charge on any atom is 0.0534 e. The third-order valence-corrected chi connectivity index (χ3v) is 3.93. The van der Waals surface area contributed by atoms with Crippen LogP contribution >= 0.6 is 0 Å². The van der Waals surface area contributed by atoms with Crippen LogP contribution in [0.5, 0.6) is 0 Å². The first-order valence-corrected chi connectivity index (χ1v) is 7.76. The second-order valence-corrected chi connectivity index (χ2v) is 5.63. The molecule has 0 spiro atoms. The largest absolute Gasteiger partial charge is 0.317 e. The number of aromatic nitrogens is 2. The highest BCUT2D eigenvalue weighted by Gasteiger charge is 2.17. The van der Waals surface area contributed by atoms with Gasteiger partial charge in [0.05, 0.1) is 6.20 Å². The lowest BCUT2D eigenvalue weighted by Gasteiger charge is -2.29. The van der Waals surface area contributed by atoms with Gasteiger partial charge < -0.3 is 5.32 Å².